The van der Waals surface area contributed by atoms with Crippen LogP contribution in [0.25, 0.3) is 11.1 Å². The first-order valence-corrected chi connectivity index (χ1v) is 5.93. The summed E-state index contributed by atoms with van der Waals surface area (Å²) >= 11 is 6.62. The van der Waals surface area contributed by atoms with Gasteiger partial charge in [-0.2, -0.15) is 0 Å². The van der Waals surface area contributed by atoms with Crippen LogP contribution in [0, 0.1) is 0 Å². The van der Waals surface area contributed by atoms with Gasteiger partial charge in [-0.15, -0.1) is 11.6 Å². The van der Waals surface area contributed by atoms with Crippen molar-refractivity contribution in [2.24, 2.45) is 0 Å². The summed E-state index contributed by atoms with van der Waals surface area (Å²) in [6.07, 6.45) is 0. The van der Waals surface area contributed by atoms with Crippen molar-refractivity contribution in [1.29, 1.82) is 0 Å². The predicted molar refractivity (Wildman–Crippen MR) is 69.2 cm³/mol. The van der Waals surface area contributed by atoms with Gasteiger partial charge in [-0.1, -0.05) is 48.5 Å². The van der Waals surface area contributed by atoms with Crippen LogP contribution in [0.15, 0.2) is 48.5 Å². The van der Waals surface area contributed by atoms with Crippen molar-refractivity contribution < 1.29 is 4.79 Å². The van der Waals surface area contributed by atoms with E-state index in [1.165, 1.54) is 0 Å². The number of halogens is 1. The Morgan fingerprint density at radius 2 is 1.35 bits per heavy atom. The molecule has 0 N–H and O–H groups in total. The van der Waals surface area contributed by atoms with E-state index in [9.17, 15) is 4.79 Å². The summed E-state index contributed by atoms with van der Waals surface area (Å²) in [5.41, 5.74) is 3.92. The van der Waals surface area contributed by atoms with E-state index in [0.29, 0.717) is 0 Å². The van der Waals surface area contributed by atoms with Gasteiger partial charge in [-0.3, -0.25) is 4.79 Å². The first kappa shape index (κ1) is 10.5. The van der Waals surface area contributed by atoms with Crippen molar-refractivity contribution in [2.75, 3.05) is 0 Å². The molecule has 1 nitrogen and oxygen atoms in total. The Hall–Kier alpha value is -1.60. The number of fused-ring (bicyclic) bond motifs is 3. The van der Waals surface area contributed by atoms with E-state index in [0.717, 1.165) is 22.3 Å². The monoisotopic (exact) mass is 242 g/mol. The molecule has 0 aliphatic heterocycles. The van der Waals surface area contributed by atoms with Crippen LogP contribution in [0.3, 0.4) is 0 Å². The fourth-order valence-electron chi connectivity index (χ4n) is 2.56. The van der Waals surface area contributed by atoms with Crippen LogP contribution in [0.5, 0.6) is 0 Å². The van der Waals surface area contributed by atoms with E-state index in [-0.39, 0.29) is 5.78 Å². The third kappa shape index (κ3) is 1.23. The lowest BCUT2D eigenvalue weighted by Gasteiger charge is -2.20. The van der Waals surface area contributed by atoms with E-state index in [2.05, 4.69) is 0 Å². The molecule has 0 aromatic heterocycles. The fraction of sp³-hybridized carbons (Fsp3) is 0.133. The van der Waals surface area contributed by atoms with Crippen LogP contribution in [0.1, 0.15) is 18.1 Å². The lowest BCUT2D eigenvalue weighted by molar-refractivity contribution is -0.118. The Kier molecular flexibility index (Phi) is 2.14. The number of rotatable bonds is 1. The molecule has 0 atom stereocenters. The van der Waals surface area contributed by atoms with Gasteiger partial charge in [0.2, 0.25) is 0 Å². The van der Waals surface area contributed by atoms with Gasteiger partial charge >= 0.3 is 0 Å². The van der Waals surface area contributed by atoms with Crippen LogP contribution in [-0.4, -0.2) is 5.78 Å². The number of alkyl halides is 1. The molecule has 0 amide bonds. The predicted octanol–water partition coefficient (Wildman–Crippen LogP) is 3.74. The Morgan fingerprint density at radius 3 is 1.76 bits per heavy atom. The van der Waals surface area contributed by atoms with Crippen molar-refractivity contribution in [2.45, 2.75) is 11.8 Å². The van der Waals surface area contributed by atoms with Gasteiger partial charge in [0.1, 0.15) is 0 Å². The maximum atomic E-state index is 12.0. The van der Waals surface area contributed by atoms with E-state index in [4.69, 9.17) is 11.6 Å². The summed E-state index contributed by atoms with van der Waals surface area (Å²) in [5, 5.41) is 0. The summed E-state index contributed by atoms with van der Waals surface area (Å²) in [7, 11) is 0. The molecule has 1 aliphatic carbocycles. The fourth-order valence-corrected chi connectivity index (χ4v) is 2.89. The Labute approximate surface area is 105 Å². The van der Waals surface area contributed by atoms with E-state index < -0.39 is 4.87 Å². The van der Waals surface area contributed by atoms with Crippen molar-refractivity contribution in [1.82, 2.24) is 0 Å². The second kappa shape index (κ2) is 3.44. The Balaban J connectivity index is 2.43. The normalized spacial score (nSPS) is 15.2. The number of hydrogen-bond donors (Lipinski definition) is 0. The smallest absolute Gasteiger partial charge is 0.159 e. The van der Waals surface area contributed by atoms with Crippen LogP contribution in [0.2, 0.25) is 0 Å². The molecule has 84 valence electrons. The summed E-state index contributed by atoms with van der Waals surface area (Å²) in [5.74, 6) is -0.0310. The van der Waals surface area contributed by atoms with Crippen LogP contribution >= 0.6 is 11.6 Å². The van der Waals surface area contributed by atoms with E-state index in [1.54, 1.807) is 6.92 Å². The second-order valence-electron chi connectivity index (χ2n) is 4.31. The summed E-state index contributed by atoms with van der Waals surface area (Å²) in [6, 6.07) is 15.7. The Bertz CT molecular complexity index is 570. The molecule has 2 aromatic carbocycles. The SMILES string of the molecule is CC(=O)C1(Cl)c2ccccc2-c2ccccc21. The van der Waals surface area contributed by atoms with E-state index >= 15 is 0 Å². The maximum Gasteiger partial charge on any atom is 0.159 e. The highest BCUT2D eigenvalue weighted by Crippen LogP contribution is 2.51. The molecule has 2 heteroatoms. The number of benzene rings is 2. The molecule has 0 unspecified atom stereocenters. The van der Waals surface area contributed by atoms with Gasteiger partial charge in [0, 0.05) is 0 Å². The van der Waals surface area contributed by atoms with Crippen LogP contribution in [0.4, 0.5) is 0 Å². The number of carbonyl (C=O) groups is 1. The summed E-state index contributed by atoms with van der Waals surface area (Å²) < 4.78 is 0. The zero-order chi connectivity index (χ0) is 12.0. The molecule has 1 aliphatic rings. The minimum Gasteiger partial charge on any atom is -0.297 e. The first-order valence-electron chi connectivity index (χ1n) is 5.55. The standard InChI is InChI=1S/C15H11ClO/c1-10(17)15(16)13-8-4-2-6-11(13)12-7-3-5-9-14(12)15/h2-9H,1H3. The van der Waals surface area contributed by atoms with Gasteiger partial charge in [-0.05, 0) is 29.2 Å². The molecule has 0 radical (unpaired) electrons. The number of Topliss-reactive ketones (excluding diaryl/α,β-unsaturated/α-hetero) is 1. The highest BCUT2D eigenvalue weighted by Gasteiger charge is 2.45. The minimum absolute atomic E-state index is 0.0310. The van der Waals surface area contributed by atoms with Gasteiger partial charge in [0.15, 0.2) is 10.7 Å². The second-order valence-corrected chi connectivity index (χ2v) is 4.87. The van der Waals surface area contributed by atoms with Crippen LogP contribution < -0.4 is 0 Å². The molecule has 0 saturated heterocycles. The molecule has 0 spiro atoms. The molecule has 0 heterocycles. The third-order valence-corrected chi connectivity index (χ3v) is 4.05. The lowest BCUT2D eigenvalue weighted by atomic mass is 9.92. The Morgan fingerprint density at radius 1 is 0.941 bits per heavy atom. The molecule has 2 aromatic rings. The zero-order valence-electron chi connectivity index (χ0n) is 9.41. The van der Waals surface area contributed by atoms with Crippen molar-refractivity contribution in [3.8, 4) is 11.1 Å². The lowest BCUT2D eigenvalue weighted by Crippen LogP contribution is -2.26. The van der Waals surface area contributed by atoms with Crippen LogP contribution in [-0.2, 0) is 9.67 Å². The highest BCUT2D eigenvalue weighted by molar-refractivity contribution is 6.39. The minimum atomic E-state index is -1.01. The molecule has 0 saturated carbocycles. The average Bonchev–Trinajstić information content (AvgIpc) is 2.63. The summed E-state index contributed by atoms with van der Waals surface area (Å²) in [4.78, 5) is 11.0. The van der Waals surface area contributed by atoms with Gasteiger partial charge in [0.05, 0.1) is 0 Å². The maximum absolute atomic E-state index is 12.0. The largest absolute Gasteiger partial charge is 0.297 e. The molecule has 0 fully saturated rings. The van der Waals surface area contributed by atoms with Crippen molar-refractivity contribution in [3.63, 3.8) is 0 Å². The van der Waals surface area contributed by atoms with Crippen molar-refractivity contribution >= 4 is 17.4 Å². The quantitative estimate of drug-likeness (QED) is 0.697. The summed E-state index contributed by atoms with van der Waals surface area (Å²) in [6.45, 7) is 1.55. The highest BCUT2D eigenvalue weighted by atomic mass is 35.5. The number of hydrogen-bond acceptors (Lipinski definition) is 1. The molecular formula is C15H11ClO. The number of ketones is 1. The van der Waals surface area contributed by atoms with Crippen molar-refractivity contribution in [3.05, 3.63) is 59.7 Å². The molecular weight excluding hydrogens is 232 g/mol. The zero-order valence-corrected chi connectivity index (χ0v) is 10.2. The van der Waals surface area contributed by atoms with E-state index in [1.807, 2.05) is 48.5 Å². The first-order chi connectivity index (χ1) is 8.15. The third-order valence-electron chi connectivity index (χ3n) is 3.37. The average molecular weight is 243 g/mol. The molecule has 17 heavy (non-hydrogen) atoms. The van der Waals surface area contributed by atoms with Gasteiger partial charge in [0.25, 0.3) is 0 Å². The molecule has 3 rings (SSSR count). The molecule has 0 bridgehead atoms. The van der Waals surface area contributed by atoms with Gasteiger partial charge < -0.3 is 0 Å². The number of carbonyl (C=O) groups excluding carboxylic acids is 1. The van der Waals surface area contributed by atoms with Gasteiger partial charge in [-0.25, -0.2) is 0 Å². The topological polar surface area (TPSA) is 17.1 Å².